The molecular formula is C26H30N4O3. The molecule has 0 radical (unpaired) electrons. The van der Waals surface area contributed by atoms with Gasteiger partial charge in [0.2, 0.25) is 0 Å². The fraction of sp³-hybridized carbons (Fsp3) is 0.385. The first-order chi connectivity index (χ1) is 16.2. The zero-order valence-electron chi connectivity index (χ0n) is 18.9. The first kappa shape index (κ1) is 21.7. The number of carbonyl (C=O) groups is 1. The normalized spacial score (nSPS) is 22.8. The molecular weight excluding hydrogens is 416 g/mol. The van der Waals surface area contributed by atoms with Crippen molar-refractivity contribution in [2.24, 2.45) is 0 Å². The van der Waals surface area contributed by atoms with E-state index in [-0.39, 0.29) is 24.0 Å². The molecule has 0 saturated carbocycles. The van der Waals surface area contributed by atoms with Crippen molar-refractivity contribution in [2.75, 3.05) is 20.3 Å². The fourth-order valence-corrected chi connectivity index (χ4v) is 5.16. The summed E-state index contributed by atoms with van der Waals surface area (Å²) in [5.41, 5.74) is 2.65. The molecule has 2 aromatic carbocycles. The summed E-state index contributed by atoms with van der Waals surface area (Å²) < 4.78 is 13.1. The van der Waals surface area contributed by atoms with E-state index in [2.05, 4.69) is 34.0 Å². The number of methoxy groups -OCH3 is 1. The minimum absolute atomic E-state index is 0.0984. The van der Waals surface area contributed by atoms with Gasteiger partial charge in [-0.05, 0) is 36.6 Å². The lowest BCUT2D eigenvalue weighted by atomic mass is 9.89. The van der Waals surface area contributed by atoms with Gasteiger partial charge in [0.25, 0.3) is 5.91 Å². The number of benzene rings is 2. The summed E-state index contributed by atoms with van der Waals surface area (Å²) in [6.45, 7) is 6.59. The molecule has 3 aromatic rings. The van der Waals surface area contributed by atoms with Gasteiger partial charge in [0.15, 0.2) is 5.69 Å². The van der Waals surface area contributed by atoms with Crippen LogP contribution >= 0.6 is 0 Å². The number of nitrogens with zero attached hydrogens (tertiary/aromatic N) is 3. The average Bonchev–Trinajstić information content (AvgIpc) is 3.19. The highest BCUT2D eigenvalue weighted by atomic mass is 16.5. The van der Waals surface area contributed by atoms with Gasteiger partial charge in [0.1, 0.15) is 5.75 Å². The second kappa shape index (κ2) is 9.37. The van der Waals surface area contributed by atoms with E-state index in [1.807, 2.05) is 41.1 Å². The molecule has 3 heterocycles. The summed E-state index contributed by atoms with van der Waals surface area (Å²) >= 11 is 0. The van der Waals surface area contributed by atoms with Gasteiger partial charge < -0.3 is 14.8 Å². The van der Waals surface area contributed by atoms with E-state index in [9.17, 15) is 4.79 Å². The van der Waals surface area contributed by atoms with Gasteiger partial charge in [-0.2, -0.15) is 5.10 Å². The first-order valence-corrected chi connectivity index (χ1v) is 11.5. The highest BCUT2D eigenvalue weighted by Crippen LogP contribution is 2.30. The van der Waals surface area contributed by atoms with Crippen molar-refractivity contribution in [1.29, 1.82) is 0 Å². The Kier molecular flexibility index (Phi) is 6.15. The number of carbonyl (C=O) groups excluding carboxylic acids is 1. The molecule has 2 aliphatic rings. The highest BCUT2D eigenvalue weighted by molar-refractivity contribution is 6.05. The third kappa shape index (κ3) is 4.38. The van der Waals surface area contributed by atoms with E-state index in [1.54, 1.807) is 13.2 Å². The molecule has 1 unspecified atom stereocenters. The average molecular weight is 447 g/mol. The van der Waals surface area contributed by atoms with Gasteiger partial charge in [0.05, 0.1) is 32.4 Å². The second-order valence-corrected chi connectivity index (χ2v) is 8.85. The standard InChI is InChI=1S/C26H30N4O3/c1-3-11-30-24-10-5-4-9-23(24)25(28-30)26(31)27-19-13-20-16-33-17-21(14-19)29(20)15-18-7-6-8-22(12-18)32-2/h3-10,12,19-21H,1,11,13-17H2,2H3,(H,27,31)/t19?,20-,21+. The topological polar surface area (TPSA) is 68.6 Å². The smallest absolute Gasteiger partial charge is 0.272 e. The number of allylic oxidation sites excluding steroid dienone is 1. The van der Waals surface area contributed by atoms with Crippen LogP contribution in [0.15, 0.2) is 61.2 Å². The molecule has 0 spiro atoms. The minimum atomic E-state index is -0.112. The summed E-state index contributed by atoms with van der Waals surface area (Å²) in [4.78, 5) is 15.8. The molecule has 5 rings (SSSR count). The molecule has 0 aliphatic carbocycles. The minimum Gasteiger partial charge on any atom is -0.497 e. The summed E-state index contributed by atoms with van der Waals surface area (Å²) in [6.07, 6.45) is 3.51. The summed E-state index contributed by atoms with van der Waals surface area (Å²) in [5, 5.41) is 8.73. The number of amides is 1. The van der Waals surface area contributed by atoms with Crippen LogP contribution < -0.4 is 10.1 Å². The van der Waals surface area contributed by atoms with Gasteiger partial charge in [0, 0.05) is 30.1 Å². The van der Waals surface area contributed by atoms with Crippen LogP contribution in [0.5, 0.6) is 5.75 Å². The molecule has 1 aromatic heterocycles. The maximum Gasteiger partial charge on any atom is 0.272 e. The van der Waals surface area contributed by atoms with Gasteiger partial charge in [-0.1, -0.05) is 36.4 Å². The zero-order valence-corrected chi connectivity index (χ0v) is 18.9. The van der Waals surface area contributed by atoms with Crippen molar-refractivity contribution in [2.45, 2.75) is 44.1 Å². The Morgan fingerprint density at radius 3 is 2.76 bits per heavy atom. The third-order valence-electron chi connectivity index (χ3n) is 6.68. The van der Waals surface area contributed by atoms with Crippen molar-refractivity contribution in [1.82, 2.24) is 20.0 Å². The summed E-state index contributed by atoms with van der Waals surface area (Å²) in [7, 11) is 1.69. The lowest BCUT2D eigenvalue weighted by Crippen LogP contribution is -2.60. The van der Waals surface area contributed by atoms with Crippen LogP contribution in [-0.4, -0.2) is 59.0 Å². The quantitative estimate of drug-likeness (QED) is 0.564. The number of para-hydroxylation sites is 1. The molecule has 1 amide bonds. The van der Waals surface area contributed by atoms with Crippen LogP contribution in [0, 0.1) is 0 Å². The van der Waals surface area contributed by atoms with E-state index in [0.29, 0.717) is 25.5 Å². The molecule has 7 nitrogen and oxygen atoms in total. The van der Waals surface area contributed by atoms with Gasteiger partial charge >= 0.3 is 0 Å². The Morgan fingerprint density at radius 2 is 2.00 bits per heavy atom. The molecule has 172 valence electrons. The number of morpholine rings is 1. The van der Waals surface area contributed by atoms with Crippen LogP contribution in [0.25, 0.3) is 10.9 Å². The van der Waals surface area contributed by atoms with E-state index < -0.39 is 0 Å². The van der Waals surface area contributed by atoms with E-state index in [0.717, 1.165) is 36.0 Å². The Morgan fingerprint density at radius 1 is 1.21 bits per heavy atom. The molecule has 2 saturated heterocycles. The lowest BCUT2D eigenvalue weighted by molar-refractivity contribution is -0.0843. The number of aromatic nitrogens is 2. The van der Waals surface area contributed by atoms with Crippen molar-refractivity contribution in [3.63, 3.8) is 0 Å². The number of rotatable bonds is 7. The predicted octanol–water partition coefficient (Wildman–Crippen LogP) is 3.39. The SMILES string of the molecule is C=CCn1nc(C(=O)NC2C[C@H]3COC[C@@H](C2)N3Cc2cccc(OC)c2)c2ccccc21. The summed E-state index contributed by atoms with van der Waals surface area (Å²) in [5.74, 6) is 0.762. The molecule has 7 heteroatoms. The molecule has 1 N–H and O–H groups in total. The Labute approximate surface area is 194 Å². The number of hydrogen-bond donors (Lipinski definition) is 1. The van der Waals surface area contributed by atoms with Crippen molar-refractivity contribution in [3.05, 3.63) is 72.4 Å². The maximum atomic E-state index is 13.2. The largest absolute Gasteiger partial charge is 0.497 e. The van der Waals surface area contributed by atoms with Crippen molar-refractivity contribution < 1.29 is 14.3 Å². The third-order valence-corrected chi connectivity index (χ3v) is 6.68. The predicted molar refractivity (Wildman–Crippen MR) is 127 cm³/mol. The van der Waals surface area contributed by atoms with Crippen LogP contribution in [0.1, 0.15) is 28.9 Å². The van der Waals surface area contributed by atoms with Gasteiger partial charge in [-0.3, -0.25) is 14.4 Å². The molecule has 2 aliphatic heterocycles. The van der Waals surface area contributed by atoms with Crippen LogP contribution in [-0.2, 0) is 17.8 Å². The number of piperidine rings is 1. The Hall–Kier alpha value is -3.16. The number of hydrogen-bond acceptors (Lipinski definition) is 5. The fourth-order valence-electron chi connectivity index (χ4n) is 5.16. The van der Waals surface area contributed by atoms with Crippen molar-refractivity contribution in [3.8, 4) is 5.75 Å². The van der Waals surface area contributed by atoms with E-state index in [4.69, 9.17) is 9.47 Å². The van der Waals surface area contributed by atoms with Gasteiger partial charge in [-0.25, -0.2) is 0 Å². The lowest BCUT2D eigenvalue weighted by Gasteiger charge is -2.48. The Bertz CT molecular complexity index is 1140. The van der Waals surface area contributed by atoms with Crippen LogP contribution in [0.2, 0.25) is 0 Å². The number of fused-ring (bicyclic) bond motifs is 3. The van der Waals surface area contributed by atoms with Crippen LogP contribution in [0.4, 0.5) is 0 Å². The molecule has 3 atom stereocenters. The molecule has 33 heavy (non-hydrogen) atoms. The molecule has 2 fully saturated rings. The summed E-state index contributed by atoms with van der Waals surface area (Å²) in [6, 6.07) is 16.7. The monoisotopic (exact) mass is 446 g/mol. The zero-order chi connectivity index (χ0) is 22.8. The van der Waals surface area contributed by atoms with Gasteiger partial charge in [-0.15, -0.1) is 6.58 Å². The number of ether oxygens (including phenoxy) is 2. The highest BCUT2D eigenvalue weighted by Gasteiger charge is 2.39. The number of nitrogens with one attached hydrogen (secondary N) is 1. The Balaban J connectivity index is 1.30. The van der Waals surface area contributed by atoms with Crippen molar-refractivity contribution >= 4 is 16.8 Å². The maximum absolute atomic E-state index is 13.2. The van der Waals surface area contributed by atoms with Crippen LogP contribution in [0.3, 0.4) is 0 Å². The van der Waals surface area contributed by atoms with E-state index >= 15 is 0 Å². The second-order valence-electron chi connectivity index (χ2n) is 8.85. The molecule has 2 bridgehead atoms. The first-order valence-electron chi connectivity index (χ1n) is 11.5. The van der Waals surface area contributed by atoms with E-state index in [1.165, 1.54) is 5.56 Å².